The molecule has 5 nitrogen and oxygen atoms in total. The number of nitrogens with zero attached hydrogens (tertiary/aromatic N) is 3. The number of aryl methyl sites for hydroxylation is 1. The topological polar surface area (TPSA) is 64.8 Å². The highest BCUT2D eigenvalue weighted by Gasteiger charge is 2.30. The minimum Gasteiger partial charge on any atom is -0.307 e. The predicted octanol–water partition coefficient (Wildman–Crippen LogP) is 2.79. The number of pyridine rings is 1. The van der Waals surface area contributed by atoms with Gasteiger partial charge in [-0.3, -0.25) is 0 Å². The van der Waals surface area contributed by atoms with Gasteiger partial charge in [-0.05, 0) is 38.3 Å². The molecule has 114 valence electrons. The molecule has 0 aliphatic carbocycles. The highest BCUT2D eigenvalue weighted by Crippen LogP contribution is 2.32. The van der Waals surface area contributed by atoms with Crippen LogP contribution in [0.1, 0.15) is 42.6 Å². The van der Waals surface area contributed by atoms with Gasteiger partial charge in [-0.15, -0.1) is 11.6 Å². The van der Waals surface area contributed by atoms with Crippen LogP contribution in [0.5, 0.6) is 0 Å². The molecule has 0 N–H and O–H groups in total. The molecule has 0 spiro atoms. The number of imidazole rings is 1. The summed E-state index contributed by atoms with van der Waals surface area (Å²) in [7, 11) is -3.00. The molecule has 2 unspecified atom stereocenters. The minimum absolute atomic E-state index is 0.126. The quantitative estimate of drug-likeness (QED) is 0.796. The van der Waals surface area contributed by atoms with Crippen molar-refractivity contribution in [3.8, 4) is 0 Å². The van der Waals surface area contributed by atoms with E-state index in [1.54, 1.807) is 6.20 Å². The lowest BCUT2D eigenvalue weighted by atomic mass is 10.1. The van der Waals surface area contributed by atoms with Crippen LogP contribution in [0.15, 0.2) is 12.3 Å². The molecule has 0 aromatic carbocycles. The Kier molecular flexibility index (Phi) is 3.69. The molecule has 0 saturated carbocycles. The molecule has 2 atom stereocenters. The van der Waals surface area contributed by atoms with Crippen molar-refractivity contribution in [2.24, 2.45) is 0 Å². The van der Waals surface area contributed by atoms with Crippen molar-refractivity contribution in [1.82, 2.24) is 14.5 Å². The van der Waals surface area contributed by atoms with Crippen LogP contribution in [0.3, 0.4) is 0 Å². The predicted molar refractivity (Wildman–Crippen MR) is 83.5 cm³/mol. The first-order valence-electron chi connectivity index (χ1n) is 7.07. The first-order chi connectivity index (χ1) is 9.89. The summed E-state index contributed by atoms with van der Waals surface area (Å²) in [5, 5.41) is -0.289. The van der Waals surface area contributed by atoms with Crippen LogP contribution in [-0.2, 0) is 9.84 Å². The third kappa shape index (κ3) is 2.66. The Morgan fingerprint density at radius 3 is 2.90 bits per heavy atom. The SMILES string of the molecule is Cc1ccnc2c1nc(C(C)Cl)n2C1CCCS(=O)(=O)C1. The summed E-state index contributed by atoms with van der Waals surface area (Å²) in [6, 6.07) is 1.78. The highest BCUT2D eigenvalue weighted by molar-refractivity contribution is 7.91. The molecule has 0 radical (unpaired) electrons. The summed E-state index contributed by atoms with van der Waals surface area (Å²) >= 11 is 6.26. The second-order valence-corrected chi connectivity index (χ2v) is 8.55. The van der Waals surface area contributed by atoms with Crippen molar-refractivity contribution in [3.63, 3.8) is 0 Å². The fourth-order valence-electron chi connectivity index (χ4n) is 2.97. The van der Waals surface area contributed by atoms with Crippen molar-refractivity contribution < 1.29 is 8.42 Å². The number of alkyl halides is 1. The number of hydrogen-bond donors (Lipinski definition) is 0. The van der Waals surface area contributed by atoms with Crippen molar-refractivity contribution in [3.05, 3.63) is 23.7 Å². The standard InChI is InChI=1S/C14H18ClN3O2S/c1-9-5-6-16-14-12(9)17-13(10(2)15)18(14)11-4-3-7-21(19,20)8-11/h5-6,10-11H,3-4,7-8H2,1-2H3. The van der Waals surface area contributed by atoms with Gasteiger partial charge in [0, 0.05) is 6.20 Å². The van der Waals surface area contributed by atoms with Gasteiger partial charge in [0.1, 0.15) is 11.3 Å². The fraction of sp³-hybridized carbons (Fsp3) is 0.571. The van der Waals surface area contributed by atoms with E-state index in [2.05, 4.69) is 9.97 Å². The smallest absolute Gasteiger partial charge is 0.160 e. The molecular weight excluding hydrogens is 310 g/mol. The Bertz CT molecular complexity index is 783. The highest BCUT2D eigenvalue weighted by atomic mass is 35.5. The monoisotopic (exact) mass is 327 g/mol. The maximum Gasteiger partial charge on any atom is 0.160 e. The molecule has 3 heterocycles. The third-order valence-electron chi connectivity index (χ3n) is 3.97. The zero-order valence-corrected chi connectivity index (χ0v) is 13.7. The maximum absolute atomic E-state index is 12.0. The van der Waals surface area contributed by atoms with E-state index in [-0.39, 0.29) is 22.9 Å². The van der Waals surface area contributed by atoms with Gasteiger partial charge in [-0.2, -0.15) is 0 Å². The maximum atomic E-state index is 12.0. The molecular formula is C14H18ClN3O2S. The van der Waals surface area contributed by atoms with Gasteiger partial charge in [0.2, 0.25) is 0 Å². The Hall–Kier alpha value is -1.14. The summed E-state index contributed by atoms with van der Waals surface area (Å²) in [6.07, 6.45) is 3.22. The van der Waals surface area contributed by atoms with Gasteiger partial charge in [0.25, 0.3) is 0 Å². The normalized spacial score (nSPS) is 23.3. The Balaban J connectivity index is 2.20. The second kappa shape index (κ2) is 5.25. The summed E-state index contributed by atoms with van der Waals surface area (Å²) in [5.74, 6) is 1.12. The summed E-state index contributed by atoms with van der Waals surface area (Å²) in [4.78, 5) is 9.02. The number of fused-ring (bicyclic) bond motifs is 1. The van der Waals surface area contributed by atoms with Gasteiger partial charge in [0.15, 0.2) is 15.5 Å². The van der Waals surface area contributed by atoms with Crippen LogP contribution >= 0.6 is 11.6 Å². The van der Waals surface area contributed by atoms with Crippen molar-refractivity contribution >= 4 is 32.6 Å². The van der Waals surface area contributed by atoms with Gasteiger partial charge >= 0.3 is 0 Å². The summed E-state index contributed by atoms with van der Waals surface area (Å²) < 4.78 is 25.8. The number of halogens is 1. The largest absolute Gasteiger partial charge is 0.307 e. The van der Waals surface area contributed by atoms with Crippen molar-refractivity contribution in [2.45, 2.75) is 38.1 Å². The van der Waals surface area contributed by atoms with Crippen molar-refractivity contribution in [2.75, 3.05) is 11.5 Å². The zero-order chi connectivity index (χ0) is 15.2. The van der Waals surface area contributed by atoms with Crippen LogP contribution in [0.4, 0.5) is 0 Å². The van der Waals surface area contributed by atoms with Crippen molar-refractivity contribution in [1.29, 1.82) is 0 Å². The van der Waals surface area contributed by atoms with Gasteiger partial charge in [-0.1, -0.05) is 0 Å². The van der Waals surface area contributed by atoms with E-state index in [0.717, 1.165) is 23.1 Å². The van der Waals surface area contributed by atoms with E-state index in [4.69, 9.17) is 11.6 Å². The van der Waals surface area contributed by atoms with Gasteiger partial charge in [0.05, 0.1) is 22.9 Å². The lowest BCUT2D eigenvalue weighted by molar-refractivity contribution is 0.464. The Morgan fingerprint density at radius 1 is 1.48 bits per heavy atom. The van der Waals surface area contributed by atoms with E-state index in [1.807, 2.05) is 24.5 Å². The van der Waals surface area contributed by atoms with E-state index in [0.29, 0.717) is 12.2 Å². The number of aromatic nitrogens is 3. The first kappa shape index (κ1) is 14.8. The number of sulfone groups is 1. The van der Waals surface area contributed by atoms with Crippen LogP contribution in [0.2, 0.25) is 0 Å². The number of hydrogen-bond acceptors (Lipinski definition) is 4. The van der Waals surface area contributed by atoms with Crippen LogP contribution < -0.4 is 0 Å². The molecule has 2 aromatic rings. The fourth-order valence-corrected chi connectivity index (χ4v) is 4.80. The van der Waals surface area contributed by atoms with Crippen LogP contribution in [-0.4, -0.2) is 34.5 Å². The van der Waals surface area contributed by atoms with Gasteiger partial charge < -0.3 is 4.57 Å². The number of rotatable bonds is 2. The molecule has 0 bridgehead atoms. The van der Waals surface area contributed by atoms with E-state index in [9.17, 15) is 8.42 Å². The second-order valence-electron chi connectivity index (χ2n) is 5.67. The molecule has 2 aromatic heterocycles. The molecule has 1 aliphatic rings. The molecule has 3 rings (SSSR count). The summed E-state index contributed by atoms with van der Waals surface area (Å²) in [5.41, 5.74) is 2.57. The van der Waals surface area contributed by atoms with E-state index >= 15 is 0 Å². The molecule has 1 fully saturated rings. The molecule has 7 heteroatoms. The van der Waals surface area contributed by atoms with E-state index in [1.165, 1.54) is 0 Å². The average molecular weight is 328 g/mol. The molecule has 0 amide bonds. The molecule has 1 saturated heterocycles. The van der Waals surface area contributed by atoms with E-state index < -0.39 is 9.84 Å². The van der Waals surface area contributed by atoms with Crippen LogP contribution in [0.25, 0.3) is 11.2 Å². The summed E-state index contributed by atoms with van der Waals surface area (Å²) in [6.45, 7) is 3.83. The third-order valence-corrected chi connectivity index (χ3v) is 5.97. The Labute approximate surface area is 129 Å². The average Bonchev–Trinajstić information content (AvgIpc) is 2.78. The minimum atomic E-state index is -3.00. The zero-order valence-electron chi connectivity index (χ0n) is 12.1. The lowest BCUT2D eigenvalue weighted by Crippen LogP contribution is -2.28. The molecule has 1 aliphatic heterocycles. The Morgan fingerprint density at radius 2 is 2.24 bits per heavy atom. The first-order valence-corrected chi connectivity index (χ1v) is 9.33. The van der Waals surface area contributed by atoms with Gasteiger partial charge in [-0.25, -0.2) is 18.4 Å². The molecule has 21 heavy (non-hydrogen) atoms. The van der Waals surface area contributed by atoms with Crippen LogP contribution in [0, 0.1) is 6.92 Å². The lowest BCUT2D eigenvalue weighted by Gasteiger charge is -2.25.